The van der Waals surface area contributed by atoms with E-state index in [0.29, 0.717) is 10.0 Å². The van der Waals surface area contributed by atoms with Gasteiger partial charge in [-0.1, -0.05) is 65.7 Å². The van der Waals surface area contributed by atoms with Gasteiger partial charge in [-0.05, 0) is 36.4 Å². The molecule has 1 saturated heterocycles. The van der Waals surface area contributed by atoms with E-state index in [0.717, 1.165) is 18.7 Å². The van der Waals surface area contributed by atoms with Gasteiger partial charge < -0.3 is 9.80 Å². The van der Waals surface area contributed by atoms with E-state index in [4.69, 9.17) is 23.2 Å². The molecular weight excluding hydrogens is 351 g/mol. The van der Waals surface area contributed by atoms with E-state index in [2.05, 4.69) is 58.3 Å². The van der Waals surface area contributed by atoms with E-state index in [1.165, 1.54) is 11.4 Å². The molecule has 25 heavy (non-hydrogen) atoms. The van der Waals surface area contributed by atoms with Crippen molar-refractivity contribution in [1.82, 2.24) is 0 Å². The summed E-state index contributed by atoms with van der Waals surface area (Å²) in [5.41, 5.74) is 3.29. The van der Waals surface area contributed by atoms with Crippen LogP contribution in [0.15, 0.2) is 78.9 Å². The Labute approximate surface area is 158 Å². The van der Waals surface area contributed by atoms with Crippen molar-refractivity contribution in [1.29, 1.82) is 0 Å². The van der Waals surface area contributed by atoms with Crippen LogP contribution in [0, 0.1) is 0 Å². The molecule has 0 bridgehead atoms. The minimum Gasteiger partial charge on any atom is -0.345 e. The summed E-state index contributed by atoms with van der Waals surface area (Å²) >= 11 is 13.2. The van der Waals surface area contributed by atoms with Crippen molar-refractivity contribution in [3.8, 4) is 0 Å². The first-order valence-electron chi connectivity index (χ1n) is 8.33. The molecule has 0 unspecified atom stereocenters. The molecule has 0 saturated carbocycles. The van der Waals surface area contributed by atoms with Crippen LogP contribution in [0.4, 0.5) is 11.4 Å². The van der Waals surface area contributed by atoms with E-state index in [1.807, 2.05) is 30.3 Å². The smallest absolute Gasteiger partial charge is 0.131 e. The monoisotopic (exact) mass is 368 g/mol. The van der Waals surface area contributed by atoms with E-state index in [1.54, 1.807) is 0 Å². The molecule has 0 amide bonds. The van der Waals surface area contributed by atoms with Gasteiger partial charge in [0.25, 0.3) is 0 Å². The molecule has 2 nitrogen and oxygen atoms in total. The average molecular weight is 369 g/mol. The van der Waals surface area contributed by atoms with Crippen LogP contribution in [-0.4, -0.2) is 13.1 Å². The van der Waals surface area contributed by atoms with Crippen LogP contribution in [0.1, 0.15) is 11.7 Å². The summed E-state index contributed by atoms with van der Waals surface area (Å²) in [7, 11) is 0. The molecule has 0 aliphatic carbocycles. The highest BCUT2D eigenvalue weighted by molar-refractivity contribution is 6.36. The highest BCUT2D eigenvalue weighted by Crippen LogP contribution is 2.42. The maximum absolute atomic E-state index is 6.58. The van der Waals surface area contributed by atoms with E-state index >= 15 is 0 Å². The lowest BCUT2D eigenvalue weighted by atomic mass is 10.1. The number of halogens is 2. The van der Waals surface area contributed by atoms with Gasteiger partial charge in [0, 0.05) is 40.1 Å². The molecule has 0 spiro atoms. The highest BCUT2D eigenvalue weighted by atomic mass is 35.5. The zero-order valence-electron chi connectivity index (χ0n) is 13.6. The van der Waals surface area contributed by atoms with Crippen molar-refractivity contribution < 1.29 is 0 Å². The fourth-order valence-electron chi connectivity index (χ4n) is 3.48. The van der Waals surface area contributed by atoms with Crippen molar-refractivity contribution in [3.63, 3.8) is 0 Å². The number of hydrogen-bond donors (Lipinski definition) is 0. The molecular formula is C21H18Cl2N2. The van der Waals surface area contributed by atoms with E-state index in [-0.39, 0.29) is 6.17 Å². The van der Waals surface area contributed by atoms with Gasteiger partial charge in [0.15, 0.2) is 0 Å². The summed E-state index contributed by atoms with van der Waals surface area (Å²) in [6.45, 7) is 1.82. The lowest BCUT2D eigenvalue weighted by Gasteiger charge is -2.34. The maximum atomic E-state index is 6.58. The number of benzene rings is 3. The summed E-state index contributed by atoms with van der Waals surface area (Å²) in [4.78, 5) is 4.72. The van der Waals surface area contributed by atoms with E-state index in [9.17, 15) is 0 Å². The maximum Gasteiger partial charge on any atom is 0.131 e. The van der Waals surface area contributed by atoms with Crippen molar-refractivity contribution >= 4 is 34.6 Å². The molecule has 3 aromatic carbocycles. The van der Waals surface area contributed by atoms with E-state index < -0.39 is 0 Å². The molecule has 1 aliphatic rings. The molecule has 0 atom stereocenters. The third-order valence-electron chi connectivity index (χ3n) is 4.61. The Morgan fingerprint density at radius 1 is 0.600 bits per heavy atom. The second-order valence-corrected chi connectivity index (χ2v) is 6.88. The van der Waals surface area contributed by atoms with Crippen LogP contribution in [-0.2, 0) is 0 Å². The quantitative estimate of drug-likeness (QED) is 0.557. The highest BCUT2D eigenvalue weighted by Gasteiger charge is 2.36. The fourth-order valence-corrected chi connectivity index (χ4v) is 4.07. The number of anilines is 2. The minimum absolute atomic E-state index is 0.0361. The van der Waals surface area contributed by atoms with Crippen LogP contribution in [0.2, 0.25) is 10.0 Å². The first kappa shape index (κ1) is 16.3. The molecule has 3 aromatic rings. The molecule has 0 N–H and O–H groups in total. The standard InChI is InChI=1S/C21H18Cl2N2/c22-18-12-7-13-19(23)20(18)21-24(16-8-3-1-4-9-16)14-15-25(21)17-10-5-2-6-11-17/h1-13,21H,14-15H2. The number of hydrogen-bond acceptors (Lipinski definition) is 2. The summed E-state index contributed by atoms with van der Waals surface area (Å²) in [5, 5.41) is 1.39. The zero-order valence-corrected chi connectivity index (χ0v) is 15.2. The number of para-hydroxylation sites is 2. The van der Waals surface area contributed by atoms with Gasteiger partial charge in [-0.3, -0.25) is 0 Å². The Bertz CT molecular complexity index is 785. The predicted octanol–water partition coefficient (Wildman–Crippen LogP) is 6.02. The van der Waals surface area contributed by atoms with Crippen LogP contribution < -0.4 is 9.80 Å². The normalized spacial score (nSPS) is 15.0. The van der Waals surface area contributed by atoms with Gasteiger partial charge in [0.1, 0.15) is 6.17 Å². The third-order valence-corrected chi connectivity index (χ3v) is 5.27. The van der Waals surface area contributed by atoms with Crippen LogP contribution in [0.25, 0.3) is 0 Å². The van der Waals surface area contributed by atoms with Gasteiger partial charge in [-0.2, -0.15) is 0 Å². The third kappa shape index (κ3) is 3.08. The Balaban J connectivity index is 1.84. The van der Waals surface area contributed by atoms with Crippen molar-refractivity contribution in [2.75, 3.05) is 22.9 Å². The molecule has 126 valence electrons. The van der Waals surface area contributed by atoms with Gasteiger partial charge >= 0.3 is 0 Å². The van der Waals surface area contributed by atoms with Gasteiger partial charge in [-0.25, -0.2) is 0 Å². The minimum atomic E-state index is -0.0361. The first-order valence-corrected chi connectivity index (χ1v) is 9.08. The molecule has 4 rings (SSSR count). The largest absolute Gasteiger partial charge is 0.345 e. The second kappa shape index (κ2) is 6.99. The number of nitrogens with zero attached hydrogens (tertiary/aromatic N) is 2. The fraction of sp³-hybridized carbons (Fsp3) is 0.143. The summed E-state index contributed by atoms with van der Waals surface area (Å²) in [6.07, 6.45) is -0.0361. The summed E-state index contributed by atoms with van der Waals surface area (Å²) < 4.78 is 0. The molecule has 0 aromatic heterocycles. The van der Waals surface area contributed by atoms with Gasteiger partial charge in [0.2, 0.25) is 0 Å². The molecule has 0 radical (unpaired) electrons. The zero-order chi connectivity index (χ0) is 17.2. The average Bonchev–Trinajstić information content (AvgIpc) is 3.08. The first-order chi connectivity index (χ1) is 12.3. The number of rotatable bonds is 3. The second-order valence-electron chi connectivity index (χ2n) is 6.07. The topological polar surface area (TPSA) is 6.48 Å². The SMILES string of the molecule is Clc1cccc(Cl)c1C1N(c2ccccc2)CCN1c1ccccc1. The van der Waals surface area contributed by atoms with Crippen LogP contribution >= 0.6 is 23.2 Å². The molecule has 4 heteroatoms. The Kier molecular flexibility index (Phi) is 4.56. The van der Waals surface area contributed by atoms with Gasteiger partial charge in [0.05, 0.1) is 0 Å². The molecule has 1 aliphatic heterocycles. The van der Waals surface area contributed by atoms with Crippen molar-refractivity contribution in [3.05, 3.63) is 94.5 Å². The van der Waals surface area contributed by atoms with Crippen LogP contribution in [0.3, 0.4) is 0 Å². The Hall–Kier alpha value is -2.16. The van der Waals surface area contributed by atoms with Crippen LogP contribution in [0.5, 0.6) is 0 Å². The lowest BCUT2D eigenvalue weighted by molar-refractivity contribution is 0.718. The summed E-state index contributed by atoms with van der Waals surface area (Å²) in [6, 6.07) is 26.5. The summed E-state index contributed by atoms with van der Waals surface area (Å²) in [5.74, 6) is 0. The lowest BCUT2D eigenvalue weighted by Crippen LogP contribution is -2.31. The Morgan fingerprint density at radius 2 is 1.04 bits per heavy atom. The van der Waals surface area contributed by atoms with Crippen molar-refractivity contribution in [2.45, 2.75) is 6.17 Å². The molecule has 1 fully saturated rings. The predicted molar refractivity (Wildman–Crippen MR) is 107 cm³/mol. The molecule has 1 heterocycles. The van der Waals surface area contributed by atoms with Gasteiger partial charge in [-0.15, -0.1) is 0 Å². The van der Waals surface area contributed by atoms with Crippen molar-refractivity contribution in [2.24, 2.45) is 0 Å². The Morgan fingerprint density at radius 3 is 1.48 bits per heavy atom.